The molecule has 0 radical (unpaired) electrons. The molecule has 1 aromatic rings. The Morgan fingerprint density at radius 1 is 1.33 bits per heavy atom. The van der Waals surface area contributed by atoms with Gasteiger partial charge in [-0.25, -0.2) is 18.0 Å². The maximum atomic E-state index is 12.7. The molecule has 0 unspecified atom stereocenters. The number of rotatable bonds is 2. The number of nitrogens with one attached hydrogen (secondary N) is 1. The van der Waals surface area contributed by atoms with Crippen molar-refractivity contribution in [3.05, 3.63) is 29.6 Å². The quantitative estimate of drug-likeness (QED) is 0.776. The van der Waals surface area contributed by atoms with Crippen LogP contribution in [0.2, 0.25) is 0 Å². The molecule has 15 heavy (non-hydrogen) atoms. The van der Waals surface area contributed by atoms with Gasteiger partial charge in [0.05, 0.1) is 12.3 Å². The Labute approximate surface area is 83.8 Å². The lowest BCUT2D eigenvalue weighted by molar-refractivity contribution is 0.168. The van der Waals surface area contributed by atoms with E-state index in [4.69, 9.17) is 0 Å². The predicted octanol–water partition coefficient (Wildman–Crippen LogP) is 2.67. The van der Waals surface area contributed by atoms with E-state index in [1.54, 1.807) is 6.92 Å². The fourth-order valence-electron chi connectivity index (χ4n) is 0.913. The van der Waals surface area contributed by atoms with Gasteiger partial charge in [0.15, 0.2) is 17.5 Å². The van der Waals surface area contributed by atoms with Gasteiger partial charge in [-0.05, 0) is 6.92 Å². The Morgan fingerprint density at radius 3 is 2.33 bits per heavy atom. The van der Waals surface area contributed by atoms with Gasteiger partial charge in [0.1, 0.15) is 0 Å². The molecule has 0 bridgehead atoms. The Kier molecular flexibility index (Phi) is 3.54. The van der Waals surface area contributed by atoms with Gasteiger partial charge in [-0.1, -0.05) is 0 Å². The van der Waals surface area contributed by atoms with Crippen molar-refractivity contribution in [2.75, 3.05) is 11.9 Å². The summed E-state index contributed by atoms with van der Waals surface area (Å²) in [6, 6.07) is 1.32. The minimum atomic E-state index is -1.58. The minimum Gasteiger partial charge on any atom is -0.450 e. The fourth-order valence-corrected chi connectivity index (χ4v) is 0.913. The van der Waals surface area contributed by atoms with Crippen LogP contribution in [0.15, 0.2) is 12.1 Å². The molecule has 3 nitrogen and oxygen atoms in total. The van der Waals surface area contributed by atoms with E-state index in [-0.39, 0.29) is 12.3 Å². The number of amides is 1. The molecule has 0 atom stereocenters. The van der Waals surface area contributed by atoms with Crippen molar-refractivity contribution in [3.63, 3.8) is 0 Å². The number of hydrogen-bond acceptors (Lipinski definition) is 2. The average molecular weight is 219 g/mol. The van der Waals surface area contributed by atoms with Crippen LogP contribution in [0.4, 0.5) is 23.7 Å². The highest BCUT2D eigenvalue weighted by Crippen LogP contribution is 2.17. The van der Waals surface area contributed by atoms with E-state index in [2.05, 4.69) is 4.74 Å². The summed E-state index contributed by atoms with van der Waals surface area (Å²) in [6.07, 6.45) is -0.858. The van der Waals surface area contributed by atoms with Gasteiger partial charge in [-0.2, -0.15) is 0 Å². The number of ether oxygens (including phenoxy) is 1. The van der Waals surface area contributed by atoms with Crippen LogP contribution in [-0.2, 0) is 4.74 Å². The summed E-state index contributed by atoms with van der Waals surface area (Å²) in [5.41, 5.74) is -0.204. The maximum absolute atomic E-state index is 12.7. The van der Waals surface area contributed by atoms with Crippen LogP contribution in [0, 0.1) is 17.5 Å². The Balaban J connectivity index is 2.83. The summed E-state index contributed by atoms with van der Waals surface area (Å²) in [6.45, 7) is 1.70. The fraction of sp³-hybridized carbons (Fsp3) is 0.222. The lowest BCUT2D eigenvalue weighted by atomic mass is 10.3. The van der Waals surface area contributed by atoms with E-state index in [0.717, 1.165) is 0 Å². The van der Waals surface area contributed by atoms with Crippen LogP contribution in [0.5, 0.6) is 0 Å². The first-order chi connectivity index (χ1) is 7.04. The number of carbonyl (C=O) groups excluding carboxylic acids is 1. The molecule has 0 saturated heterocycles. The van der Waals surface area contributed by atoms with Gasteiger partial charge in [0.2, 0.25) is 0 Å². The third kappa shape index (κ3) is 2.87. The molecule has 0 aliphatic carbocycles. The molecule has 1 amide bonds. The zero-order valence-electron chi connectivity index (χ0n) is 7.81. The summed E-state index contributed by atoms with van der Waals surface area (Å²) in [4.78, 5) is 10.8. The summed E-state index contributed by atoms with van der Waals surface area (Å²) in [5, 5.41) is 2.04. The molecule has 0 heterocycles. The van der Waals surface area contributed by atoms with Gasteiger partial charge in [-0.3, -0.25) is 5.32 Å². The van der Waals surface area contributed by atoms with Crippen molar-refractivity contribution >= 4 is 11.8 Å². The molecule has 0 fully saturated rings. The smallest absolute Gasteiger partial charge is 0.411 e. The van der Waals surface area contributed by atoms with Crippen molar-refractivity contribution in [1.29, 1.82) is 0 Å². The molecule has 1 N–H and O–H groups in total. The van der Waals surface area contributed by atoms with Crippen LogP contribution < -0.4 is 5.32 Å². The standard InChI is InChI=1S/C9H8F3NO2/c1-2-15-9(14)13-5-3-6(10)8(12)7(11)4-5/h3-4H,2H2,1H3,(H,13,14). The van der Waals surface area contributed by atoms with Gasteiger partial charge < -0.3 is 4.74 Å². The Morgan fingerprint density at radius 2 is 1.87 bits per heavy atom. The highest BCUT2D eigenvalue weighted by atomic mass is 19.2. The maximum Gasteiger partial charge on any atom is 0.411 e. The number of halogens is 3. The highest BCUT2D eigenvalue weighted by Gasteiger charge is 2.12. The summed E-state index contributed by atoms with van der Waals surface area (Å²) in [7, 11) is 0. The monoisotopic (exact) mass is 219 g/mol. The Bertz CT molecular complexity index is 359. The SMILES string of the molecule is CCOC(=O)Nc1cc(F)c(F)c(F)c1. The van der Waals surface area contributed by atoms with Gasteiger partial charge in [-0.15, -0.1) is 0 Å². The van der Waals surface area contributed by atoms with Crippen LogP contribution in [0.1, 0.15) is 6.92 Å². The van der Waals surface area contributed by atoms with Crippen molar-refractivity contribution in [1.82, 2.24) is 0 Å². The molecule has 6 heteroatoms. The van der Waals surface area contributed by atoms with Gasteiger partial charge >= 0.3 is 6.09 Å². The normalized spacial score (nSPS) is 9.87. The molecule has 82 valence electrons. The van der Waals surface area contributed by atoms with E-state index < -0.39 is 23.5 Å². The lowest BCUT2D eigenvalue weighted by Crippen LogP contribution is -2.13. The highest BCUT2D eigenvalue weighted by molar-refractivity contribution is 5.84. The third-order valence-corrected chi connectivity index (χ3v) is 1.51. The van der Waals surface area contributed by atoms with Crippen molar-refractivity contribution in [2.45, 2.75) is 6.92 Å². The van der Waals surface area contributed by atoms with Crippen molar-refractivity contribution in [3.8, 4) is 0 Å². The summed E-state index contributed by atoms with van der Waals surface area (Å²) < 4.78 is 42.3. The summed E-state index contributed by atoms with van der Waals surface area (Å²) in [5.74, 6) is -4.33. The second-order valence-electron chi connectivity index (χ2n) is 2.60. The van der Waals surface area contributed by atoms with Crippen molar-refractivity contribution < 1.29 is 22.7 Å². The Hall–Kier alpha value is -1.72. The largest absolute Gasteiger partial charge is 0.450 e. The zero-order valence-corrected chi connectivity index (χ0v) is 7.81. The van der Waals surface area contributed by atoms with Gasteiger partial charge in [0, 0.05) is 12.1 Å². The summed E-state index contributed by atoms with van der Waals surface area (Å²) >= 11 is 0. The number of benzene rings is 1. The van der Waals surface area contributed by atoms with E-state index in [9.17, 15) is 18.0 Å². The minimum absolute atomic E-state index is 0.123. The van der Waals surface area contributed by atoms with E-state index in [1.165, 1.54) is 0 Å². The lowest BCUT2D eigenvalue weighted by Gasteiger charge is -2.05. The second kappa shape index (κ2) is 4.68. The van der Waals surface area contributed by atoms with Gasteiger partial charge in [0.25, 0.3) is 0 Å². The molecule has 0 aliphatic heterocycles. The zero-order chi connectivity index (χ0) is 11.4. The first-order valence-corrected chi connectivity index (χ1v) is 4.13. The molecular formula is C9H8F3NO2. The third-order valence-electron chi connectivity index (χ3n) is 1.51. The van der Waals surface area contributed by atoms with Crippen molar-refractivity contribution in [2.24, 2.45) is 0 Å². The van der Waals surface area contributed by atoms with Crippen LogP contribution >= 0.6 is 0 Å². The molecule has 1 aromatic carbocycles. The van der Waals surface area contributed by atoms with E-state index in [1.807, 2.05) is 5.32 Å². The second-order valence-corrected chi connectivity index (χ2v) is 2.60. The molecular weight excluding hydrogens is 211 g/mol. The van der Waals surface area contributed by atoms with E-state index >= 15 is 0 Å². The first-order valence-electron chi connectivity index (χ1n) is 4.13. The van der Waals surface area contributed by atoms with Crippen LogP contribution in [0.3, 0.4) is 0 Å². The average Bonchev–Trinajstić information content (AvgIpc) is 2.14. The molecule has 0 aliphatic rings. The predicted molar refractivity (Wildman–Crippen MR) is 47.0 cm³/mol. The first kappa shape index (κ1) is 11.4. The molecule has 1 rings (SSSR count). The number of hydrogen-bond donors (Lipinski definition) is 1. The number of anilines is 1. The topological polar surface area (TPSA) is 38.3 Å². The van der Waals surface area contributed by atoms with E-state index in [0.29, 0.717) is 12.1 Å². The molecule has 0 aromatic heterocycles. The number of carbonyl (C=O) groups is 1. The van der Waals surface area contributed by atoms with Crippen LogP contribution in [-0.4, -0.2) is 12.7 Å². The van der Waals surface area contributed by atoms with Crippen LogP contribution in [0.25, 0.3) is 0 Å². The molecule has 0 saturated carbocycles. The molecule has 0 spiro atoms.